The maximum absolute atomic E-state index is 11.2. The lowest BCUT2D eigenvalue weighted by molar-refractivity contribution is 0.163. The molecule has 0 aliphatic heterocycles. The van der Waals surface area contributed by atoms with Gasteiger partial charge in [-0.1, -0.05) is 0 Å². The quantitative estimate of drug-likeness (QED) is 0.559. The lowest BCUT2D eigenvalue weighted by Gasteiger charge is -2.02. The van der Waals surface area contributed by atoms with E-state index in [9.17, 15) is 8.42 Å². The summed E-state index contributed by atoms with van der Waals surface area (Å²) in [5.41, 5.74) is 0. The van der Waals surface area contributed by atoms with Crippen molar-refractivity contribution in [1.29, 1.82) is 5.15 Å². The Morgan fingerprint density at radius 1 is 1.57 bits per heavy atom. The molecule has 0 unspecified atom stereocenters. The molecule has 0 aliphatic carbocycles. The molecule has 0 saturated carbocycles. The van der Waals surface area contributed by atoms with Crippen molar-refractivity contribution in [3.63, 3.8) is 0 Å². The third-order valence-electron chi connectivity index (χ3n) is 1.34. The topological polar surface area (TPSA) is 67.2 Å². The monoisotopic (exact) mass is 260 g/mol. The van der Waals surface area contributed by atoms with E-state index < -0.39 is 9.84 Å². The van der Waals surface area contributed by atoms with Crippen LogP contribution in [0, 0.1) is 5.15 Å². The molecule has 1 N–H and O–H groups in total. The van der Waals surface area contributed by atoms with Gasteiger partial charge in [-0.3, -0.25) is 5.15 Å². The number of sulfone groups is 1. The Morgan fingerprint density at radius 2 is 2.14 bits per heavy atom. The molecule has 0 spiro atoms. The van der Waals surface area contributed by atoms with Crippen molar-refractivity contribution in [1.82, 2.24) is 0 Å². The number of thioether (sulfide) groups is 1. The fourth-order valence-electron chi connectivity index (χ4n) is 0.643. The first-order chi connectivity index (χ1) is 7.04. The van der Waals surface area contributed by atoms with Gasteiger partial charge in [0, 0.05) is 12.4 Å². The fourth-order valence-corrected chi connectivity index (χ4v) is 2.90. The molecule has 0 aliphatic rings. The zero-order chi connectivity index (χ0) is 12.2. The number of hydrogen-bond donors (Lipinski definition) is 1. The first kappa shape index (κ1) is 14.4. The largest absolute Gasteiger partial charge is 0.381 e. The van der Waals surface area contributed by atoms with E-state index in [1.165, 1.54) is 0 Å². The Kier molecular flexibility index (Phi) is 11.7. The highest BCUT2D eigenvalue weighted by molar-refractivity contribution is 8.00. The van der Waals surface area contributed by atoms with Crippen LogP contribution in [0.2, 0.25) is 1.41 Å². The molecule has 0 aromatic heterocycles. The average molecular weight is 260 g/mol. The van der Waals surface area contributed by atoms with Crippen LogP contribution in [-0.2, 0) is 14.6 Å². The van der Waals surface area contributed by atoms with E-state index in [0.717, 1.165) is 0 Å². The zero-order valence-corrected chi connectivity index (χ0v) is 11.2. The Labute approximate surface area is 94.3 Å². The third kappa shape index (κ3) is 12.4. The normalized spacial score (nSPS) is 11.1. The van der Waals surface area contributed by atoms with E-state index in [1.807, 2.05) is 13.2 Å². The Morgan fingerprint density at radius 3 is 2.57 bits per heavy atom. The summed E-state index contributed by atoms with van der Waals surface area (Å²) in [6.07, 6.45) is 1.90. The van der Waals surface area contributed by atoms with E-state index >= 15 is 0 Å². The smallest absolute Gasteiger partial charge is 0.192 e. The molecule has 0 heterocycles. The molecule has 0 aromatic carbocycles. The van der Waals surface area contributed by atoms with Crippen LogP contribution in [-0.4, -0.2) is 45.1 Å². The van der Waals surface area contributed by atoms with Crippen molar-refractivity contribution in [2.45, 2.75) is 6.92 Å². The molecule has 0 rings (SSSR count). The van der Waals surface area contributed by atoms with Crippen LogP contribution in [0.4, 0.5) is 0 Å². The number of hydrogen-bond acceptors (Lipinski definition) is 5. The van der Waals surface area contributed by atoms with Gasteiger partial charge in [-0.25, -0.2) is 8.42 Å². The number of rotatable bonds is 7. The van der Waals surface area contributed by atoms with Crippen molar-refractivity contribution in [2.24, 2.45) is 0 Å². The van der Waals surface area contributed by atoms with Gasteiger partial charge in [-0.2, -0.15) is 11.8 Å². The molecule has 0 amide bonds. The molecule has 0 bridgehead atoms. The van der Waals surface area contributed by atoms with E-state index in [0.29, 0.717) is 19.0 Å². The first-order valence-electron chi connectivity index (χ1n) is 4.56. The van der Waals surface area contributed by atoms with Crippen molar-refractivity contribution in [3.05, 3.63) is 0 Å². The molecular weight excluding hydrogens is 241 g/mol. The summed E-state index contributed by atoms with van der Waals surface area (Å²) in [7, 11) is -0.386. The maximum Gasteiger partial charge on any atom is 0.192 e. The summed E-state index contributed by atoms with van der Waals surface area (Å²) in [5, 5.41) is 2.56. The Hall–Kier alpha value is 0.360. The number of ether oxygens (including phenoxy) is 1. The van der Waals surface area contributed by atoms with Crippen LogP contribution >= 0.6 is 20.8 Å². The minimum absolute atomic E-state index is 0.154. The molecule has 0 fully saturated rings. The van der Waals surface area contributed by atoms with Crippen LogP contribution in [0.1, 0.15) is 6.92 Å². The standard InChI is InChI=1S/C7H16O3S2.H2NP/c1-3-10-4-6-12(8,9)7-5-11-2;1-2/h3-7H2,1-2H3;1-2H/i/hD. The highest BCUT2D eigenvalue weighted by atomic mass is 32.2. The molecule has 4 nitrogen and oxygen atoms in total. The molecular formula is C7H18NO3PS2. The summed E-state index contributed by atoms with van der Waals surface area (Å²) in [4.78, 5) is 0. The summed E-state index contributed by atoms with van der Waals surface area (Å²) < 4.78 is 33.1. The van der Waals surface area contributed by atoms with Crippen LogP contribution in [0.15, 0.2) is 0 Å². The van der Waals surface area contributed by atoms with Crippen molar-refractivity contribution in [3.8, 4) is 0 Å². The van der Waals surface area contributed by atoms with Crippen molar-refractivity contribution < 1.29 is 14.6 Å². The first-order valence-corrected chi connectivity index (χ1v) is 7.78. The second-order valence-electron chi connectivity index (χ2n) is 2.34. The van der Waals surface area contributed by atoms with Gasteiger partial charge < -0.3 is 4.74 Å². The maximum atomic E-state index is 11.2. The second-order valence-corrected chi connectivity index (χ2v) is 5.63. The highest BCUT2D eigenvalue weighted by Crippen LogP contribution is 1.97. The molecule has 0 aromatic rings. The van der Waals surface area contributed by atoms with Gasteiger partial charge in [-0.15, -0.1) is 0 Å². The average Bonchev–Trinajstić information content (AvgIpc) is 2.16. The van der Waals surface area contributed by atoms with Gasteiger partial charge in [0.25, 0.3) is 0 Å². The van der Waals surface area contributed by atoms with E-state index in [4.69, 9.17) is 6.15 Å². The summed E-state index contributed by atoms with van der Waals surface area (Å²) in [6.45, 7) is 2.76. The highest BCUT2D eigenvalue weighted by Gasteiger charge is 2.08. The van der Waals surface area contributed by atoms with Gasteiger partial charge in [0.15, 0.2) is 11.2 Å². The lowest BCUT2D eigenvalue weighted by atomic mass is 10.8. The van der Waals surface area contributed by atoms with Crippen LogP contribution < -0.4 is 0 Å². The molecule has 7 heteroatoms. The molecule has 86 valence electrons. The molecule has 0 radical (unpaired) electrons. The minimum atomic E-state index is -2.86. The van der Waals surface area contributed by atoms with Gasteiger partial charge in [0.2, 0.25) is 0 Å². The fraction of sp³-hybridized carbons (Fsp3) is 1.00. The van der Waals surface area contributed by atoms with E-state index in [-0.39, 0.29) is 11.5 Å². The molecule has 0 atom stereocenters. The van der Waals surface area contributed by atoms with Gasteiger partial charge in [0.1, 0.15) is 0 Å². The van der Waals surface area contributed by atoms with Crippen molar-refractivity contribution in [2.75, 3.05) is 36.7 Å². The Balaban J connectivity index is 0. The van der Waals surface area contributed by atoms with Gasteiger partial charge >= 0.3 is 0 Å². The minimum Gasteiger partial charge on any atom is -0.381 e. The number of nitrogens with one attached hydrogen (secondary N) is 1. The van der Waals surface area contributed by atoms with Gasteiger partial charge in [0.05, 0.1) is 18.1 Å². The van der Waals surface area contributed by atoms with Crippen molar-refractivity contribution >= 4 is 30.6 Å². The molecule has 0 saturated heterocycles. The zero-order valence-electron chi connectivity index (χ0n) is 9.52. The Bertz CT molecular complexity index is 236. The second kappa shape index (κ2) is 11.4. The predicted molar refractivity (Wildman–Crippen MR) is 64.6 cm³/mol. The summed E-state index contributed by atoms with van der Waals surface area (Å²) in [5.74, 6) is 1.09. The van der Waals surface area contributed by atoms with E-state index in [2.05, 4.69) is 14.2 Å². The summed E-state index contributed by atoms with van der Waals surface area (Å²) in [6, 6.07) is 0. The van der Waals surface area contributed by atoms with Gasteiger partial charge in [-0.05, 0) is 22.2 Å². The van der Waals surface area contributed by atoms with E-state index in [1.54, 1.807) is 11.8 Å². The molecule has 14 heavy (non-hydrogen) atoms. The lowest BCUT2D eigenvalue weighted by Crippen LogP contribution is -2.16. The third-order valence-corrected chi connectivity index (χ3v) is 3.83. The van der Waals surface area contributed by atoms with Crippen LogP contribution in [0.25, 0.3) is 0 Å². The predicted octanol–water partition coefficient (Wildman–Crippen LogP) is 1.69. The SMILES string of the molecule is CCOCCS(=O)(=O)CCSC.[2H]N=P. The summed E-state index contributed by atoms with van der Waals surface area (Å²) >= 11 is 1.55. The van der Waals surface area contributed by atoms with Crippen LogP contribution in [0.3, 0.4) is 0 Å². The van der Waals surface area contributed by atoms with Crippen LogP contribution in [0.5, 0.6) is 0 Å².